The summed E-state index contributed by atoms with van der Waals surface area (Å²) in [6, 6.07) is -0.0801. The zero-order chi connectivity index (χ0) is 10.4. The normalized spacial score (nSPS) is 23.4. The van der Waals surface area contributed by atoms with Crippen LogP contribution < -0.4 is 10.2 Å². The zero-order valence-electron chi connectivity index (χ0n) is 7.90. The first kappa shape index (κ1) is 8.91. The monoisotopic (exact) mass is 224 g/mol. The van der Waals surface area contributed by atoms with Crippen LogP contribution in [0.15, 0.2) is 6.20 Å². The number of nitrogens with one attached hydrogen (secondary N) is 1. The smallest absolute Gasteiger partial charge is 0.247 e. The van der Waals surface area contributed by atoms with Crippen LogP contribution in [0, 0.1) is 0 Å². The molecule has 3 rings (SSSR count). The molecule has 0 radical (unpaired) electrons. The summed E-state index contributed by atoms with van der Waals surface area (Å²) in [5.74, 6) is 0.781. The van der Waals surface area contributed by atoms with Crippen molar-refractivity contribution in [3.63, 3.8) is 0 Å². The summed E-state index contributed by atoms with van der Waals surface area (Å²) in [6.45, 7) is 0.860. The summed E-state index contributed by atoms with van der Waals surface area (Å²) in [4.78, 5) is 21.7. The molecular weight excluding hydrogens is 216 g/mol. The number of halogens is 1. The first-order chi connectivity index (χ1) is 7.25. The topological polar surface area (TPSA) is 58.1 Å². The van der Waals surface area contributed by atoms with Gasteiger partial charge >= 0.3 is 0 Å². The van der Waals surface area contributed by atoms with Crippen LogP contribution in [0.1, 0.15) is 12.8 Å². The molecule has 78 valence electrons. The highest BCUT2D eigenvalue weighted by atomic mass is 35.5. The van der Waals surface area contributed by atoms with Crippen molar-refractivity contribution < 1.29 is 4.79 Å². The van der Waals surface area contributed by atoms with Crippen molar-refractivity contribution in [1.82, 2.24) is 9.97 Å². The van der Waals surface area contributed by atoms with Crippen molar-refractivity contribution in [2.75, 3.05) is 16.8 Å². The van der Waals surface area contributed by atoms with Gasteiger partial charge in [0.25, 0.3) is 0 Å². The molecule has 1 saturated heterocycles. The van der Waals surface area contributed by atoms with Gasteiger partial charge in [0.2, 0.25) is 11.2 Å². The second kappa shape index (κ2) is 3.06. The summed E-state index contributed by atoms with van der Waals surface area (Å²) in [7, 11) is 0. The van der Waals surface area contributed by atoms with E-state index in [-0.39, 0.29) is 17.2 Å². The Morgan fingerprint density at radius 2 is 2.47 bits per heavy atom. The minimum Gasteiger partial charge on any atom is -0.343 e. The van der Waals surface area contributed by atoms with Crippen LogP contribution in [0.2, 0.25) is 5.28 Å². The second-order valence-electron chi connectivity index (χ2n) is 3.72. The molecule has 1 aromatic rings. The quantitative estimate of drug-likeness (QED) is 0.670. The number of carbonyl (C=O) groups is 1. The fourth-order valence-electron chi connectivity index (χ4n) is 2.17. The molecule has 2 aliphatic heterocycles. The van der Waals surface area contributed by atoms with Gasteiger partial charge in [-0.2, -0.15) is 4.98 Å². The minimum atomic E-state index is -0.0801. The molecule has 0 saturated carbocycles. The van der Waals surface area contributed by atoms with Crippen LogP contribution in [0.4, 0.5) is 11.5 Å². The molecule has 15 heavy (non-hydrogen) atoms. The molecule has 0 spiro atoms. The second-order valence-corrected chi connectivity index (χ2v) is 4.06. The van der Waals surface area contributed by atoms with Gasteiger partial charge in [-0.15, -0.1) is 0 Å². The average Bonchev–Trinajstić information content (AvgIpc) is 2.69. The third-order valence-corrected chi connectivity index (χ3v) is 3.01. The van der Waals surface area contributed by atoms with Gasteiger partial charge in [0.15, 0.2) is 5.82 Å². The number of aromatic nitrogens is 2. The standard InChI is InChI=1S/C9H9ClN4O/c10-9-11-4-5-7(13-9)14-3-1-2-6(14)8(15)12-5/h4,6H,1-3H2,(H,12,15). The number of amides is 1. The number of nitrogens with zero attached hydrogens (tertiary/aromatic N) is 3. The molecule has 1 fully saturated rings. The van der Waals surface area contributed by atoms with Gasteiger partial charge in [-0.1, -0.05) is 0 Å². The van der Waals surface area contributed by atoms with Gasteiger partial charge in [-0.25, -0.2) is 4.98 Å². The van der Waals surface area contributed by atoms with E-state index in [0.29, 0.717) is 5.69 Å². The Hall–Kier alpha value is -1.36. The zero-order valence-corrected chi connectivity index (χ0v) is 8.66. The first-order valence-corrected chi connectivity index (χ1v) is 5.23. The molecule has 1 N–H and O–H groups in total. The van der Waals surface area contributed by atoms with Gasteiger partial charge in [-0.3, -0.25) is 4.79 Å². The average molecular weight is 225 g/mol. The van der Waals surface area contributed by atoms with E-state index in [1.807, 2.05) is 4.90 Å². The Labute approximate surface area is 91.5 Å². The lowest BCUT2D eigenvalue weighted by Gasteiger charge is -2.31. The number of fused-ring (bicyclic) bond motifs is 3. The van der Waals surface area contributed by atoms with Crippen LogP contribution in [0.3, 0.4) is 0 Å². The third kappa shape index (κ3) is 1.26. The number of hydrogen-bond donors (Lipinski definition) is 1. The maximum Gasteiger partial charge on any atom is 0.247 e. The number of anilines is 2. The molecule has 0 aromatic carbocycles. The molecule has 6 heteroatoms. The highest BCUT2D eigenvalue weighted by molar-refractivity contribution is 6.28. The van der Waals surface area contributed by atoms with Gasteiger partial charge in [0.05, 0.1) is 6.20 Å². The van der Waals surface area contributed by atoms with Crippen molar-refractivity contribution in [2.45, 2.75) is 18.9 Å². The Balaban J connectivity index is 2.12. The predicted molar refractivity (Wildman–Crippen MR) is 56.0 cm³/mol. The van der Waals surface area contributed by atoms with E-state index in [2.05, 4.69) is 15.3 Å². The van der Waals surface area contributed by atoms with Crippen molar-refractivity contribution >= 4 is 29.0 Å². The van der Waals surface area contributed by atoms with Gasteiger partial charge in [-0.05, 0) is 24.4 Å². The molecule has 3 heterocycles. The molecule has 5 nitrogen and oxygen atoms in total. The molecule has 1 atom stereocenters. The minimum absolute atomic E-state index is 0.0333. The largest absolute Gasteiger partial charge is 0.343 e. The summed E-state index contributed by atoms with van der Waals surface area (Å²) in [6.07, 6.45) is 3.45. The number of rotatable bonds is 0. The van der Waals surface area contributed by atoms with Crippen molar-refractivity contribution in [3.8, 4) is 0 Å². The van der Waals surface area contributed by atoms with Crippen LogP contribution >= 0.6 is 11.6 Å². The highest BCUT2D eigenvalue weighted by Gasteiger charge is 2.37. The lowest BCUT2D eigenvalue weighted by molar-refractivity contribution is -0.117. The summed E-state index contributed by atoms with van der Waals surface area (Å²) in [5, 5.41) is 3.01. The molecule has 0 aliphatic carbocycles. The number of carbonyl (C=O) groups excluding carboxylic acids is 1. The van der Waals surface area contributed by atoms with E-state index >= 15 is 0 Å². The fourth-order valence-corrected chi connectivity index (χ4v) is 2.30. The SMILES string of the molecule is O=C1Nc2cnc(Cl)nc2N2CCCC12. The Kier molecular flexibility index (Phi) is 1.82. The van der Waals surface area contributed by atoms with Gasteiger partial charge in [0, 0.05) is 6.54 Å². The van der Waals surface area contributed by atoms with E-state index in [1.165, 1.54) is 0 Å². The molecular formula is C9H9ClN4O. The predicted octanol–water partition coefficient (Wildman–Crippen LogP) is 1.05. The van der Waals surface area contributed by atoms with Crippen molar-refractivity contribution in [3.05, 3.63) is 11.5 Å². The lowest BCUT2D eigenvalue weighted by atomic mass is 10.1. The van der Waals surface area contributed by atoms with E-state index < -0.39 is 0 Å². The van der Waals surface area contributed by atoms with Crippen LogP contribution in [-0.2, 0) is 4.79 Å². The molecule has 1 unspecified atom stereocenters. The molecule has 0 bridgehead atoms. The van der Waals surface area contributed by atoms with E-state index in [1.54, 1.807) is 6.20 Å². The van der Waals surface area contributed by atoms with E-state index in [9.17, 15) is 4.79 Å². The van der Waals surface area contributed by atoms with Gasteiger partial charge in [0.1, 0.15) is 11.7 Å². The highest BCUT2D eigenvalue weighted by Crippen LogP contribution is 2.34. The third-order valence-electron chi connectivity index (χ3n) is 2.82. The lowest BCUT2D eigenvalue weighted by Crippen LogP contribution is -2.44. The van der Waals surface area contributed by atoms with Crippen LogP contribution in [0.25, 0.3) is 0 Å². The molecule has 1 amide bonds. The van der Waals surface area contributed by atoms with Gasteiger partial charge < -0.3 is 10.2 Å². The summed E-state index contributed by atoms with van der Waals surface area (Å²) >= 11 is 5.74. The first-order valence-electron chi connectivity index (χ1n) is 4.86. The molecule has 1 aromatic heterocycles. The Bertz CT molecular complexity index is 436. The van der Waals surface area contributed by atoms with Crippen molar-refractivity contribution in [1.29, 1.82) is 0 Å². The number of hydrogen-bond acceptors (Lipinski definition) is 4. The fraction of sp³-hybridized carbons (Fsp3) is 0.444. The molecule has 2 aliphatic rings. The van der Waals surface area contributed by atoms with Crippen molar-refractivity contribution in [2.24, 2.45) is 0 Å². The summed E-state index contributed by atoms with van der Waals surface area (Å²) < 4.78 is 0. The summed E-state index contributed by atoms with van der Waals surface area (Å²) in [5.41, 5.74) is 0.655. The van der Waals surface area contributed by atoms with E-state index in [0.717, 1.165) is 25.2 Å². The Morgan fingerprint density at radius 1 is 1.60 bits per heavy atom. The van der Waals surface area contributed by atoms with E-state index in [4.69, 9.17) is 11.6 Å². The Morgan fingerprint density at radius 3 is 3.33 bits per heavy atom. The van der Waals surface area contributed by atoms with Crippen LogP contribution in [0.5, 0.6) is 0 Å². The maximum absolute atomic E-state index is 11.7. The van der Waals surface area contributed by atoms with Crippen LogP contribution in [-0.4, -0.2) is 28.5 Å². The maximum atomic E-state index is 11.7.